The lowest BCUT2D eigenvalue weighted by Crippen LogP contribution is -2.48. The second-order valence-corrected chi connectivity index (χ2v) is 5.83. The van der Waals surface area contributed by atoms with E-state index in [1.807, 2.05) is 4.90 Å². The molecule has 0 unspecified atom stereocenters. The Kier molecular flexibility index (Phi) is 6.00. The Balaban J connectivity index is 2.31. The van der Waals surface area contributed by atoms with Gasteiger partial charge in [-0.3, -0.25) is 9.69 Å². The summed E-state index contributed by atoms with van der Waals surface area (Å²) in [6.07, 6.45) is 1.39. The van der Waals surface area contributed by atoms with Crippen LogP contribution in [0.4, 0.5) is 0 Å². The van der Waals surface area contributed by atoms with Crippen LogP contribution < -0.4 is 9.44 Å². The van der Waals surface area contributed by atoms with Crippen molar-refractivity contribution >= 4 is 16.2 Å². The molecule has 0 aromatic heterocycles. The summed E-state index contributed by atoms with van der Waals surface area (Å²) < 4.78 is 32.3. The molecule has 0 amide bonds. The zero-order valence-electron chi connectivity index (χ0n) is 10.8. The minimum atomic E-state index is -3.38. The van der Waals surface area contributed by atoms with Crippen molar-refractivity contribution in [1.29, 1.82) is 0 Å². The molecule has 0 atom stereocenters. The van der Waals surface area contributed by atoms with E-state index in [0.717, 1.165) is 0 Å². The first kappa shape index (κ1) is 15.4. The summed E-state index contributed by atoms with van der Waals surface area (Å²) >= 11 is 0. The molecular weight excluding hydrogens is 258 g/mol. The highest BCUT2D eigenvalue weighted by molar-refractivity contribution is 7.87. The topological polar surface area (TPSA) is 87.7 Å². The number of nitrogens with one attached hydrogen (secondary N) is 2. The van der Waals surface area contributed by atoms with Crippen LogP contribution in [0.3, 0.4) is 0 Å². The van der Waals surface area contributed by atoms with E-state index in [-0.39, 0.29) is 18.6 Å². The molecule has 1 aliphatic heterocycles. The molecule has 0 aromatic rings. The summed E-state index contributed by atoms with van der Waals surface area (Å²) in [4.78, 5) is 13.3. The Morgan fingerprint density at radius 2 is 2.00 bits per heavy atom. The highest BCUT2D eigenvalue weighted by atomic mass is 32.2. The summed E-state index contributed by atoms with van der Waals surface area (Å²) in [5.74, 6) is -0.230. The maximum absolute atomic E-state index is 11.3. The van der Waals surface area contributed by atoms with Crippen LogP contribution in [0.15, 0.2) is 0 Å². The smallest absolute Gasteiger partial charge is 0.320 e. The van der Waals surface area contributed by atoms with Crippen LogP contribution in [-0.4, -0.2) is 58.6 Å². The number of esters is 1. The number of hydrogen-bond donors (Lipinski definition) is 2. The Hall–Kier alpha value is -0.700. The molecule has 0 radical (unpaired) electrons. The summed E-state index contributed by atoms with van der Waals surface area (Å²) in [7, 11) is -2.01. The molecule has 0 saturated carbocycles. The molecule has 106 valence electrons. The first-order chi connectivity index (χ1) is 8.46. The van der Waals surface area contributed by atoms with E-state index in [0.29, 0.717) is 32.5 Å². The molecule has 0 aliphatic carbocycles. The van der Waals surface area contributed by atoms with E-state index in [4.69, 9.17) is 4.74 Å². The molecule has 1 aliphatic rings. The molecule has 1 heterocycles. The standard InChI is InChI=1S/C10H21N3O4S/c1-3-17-10(14)8-13-6-4-9(5-7-13)12-18(15,16)11-2/h9,11-12H,3-8H2,1-2H3. The van der Waals surface area contributed by atoms with Gasteiger partial charge in [0.2, 0.25) is 0 Å². The molecule has 1 rings (SSSR count). The van der Waals surface area contributed by atoms with Crippen molar-refractivity contribution in [2.45, 2.75) is 25.8 Å². The second kappa shape index (κ2) is 7.03. The predicted molar refractivity (Wildman–Crippen MR) is 67.2 cm³/mol. The van der Waals surface area contributed by atoms with Gasteiger partial charge in [-0.1, -0.05) is 0 Å². The quantitative estimate of drug-likeness (QED) is 0.613. The fourth-order valence-corrected chi connectivity index (χ4v) is 2.67. The van der Waals surface area contributed by atoms with Crippen LogP contribution in [0, 0.1) is 0 Å². The molecule has 1 saturated heterocycles. The number of rotatable bonds is 6. The lowest BCUT2D eigenvalue weighted by Gasteiger charge is -2.31. The van der Waals surface area contributed by atoms with Crippen molar-refractivity contribution in [3.63, 3.8) is 0 Å². The van der Waals surface area contributed by atoms with Crippen LogP contribution >= 0.6 is 0 Å². The molecule has 0 spiro atoms. The van der Waals surface area contributed by atoms with Gasteiger partial charge < -0.3 is 4.74 Å². The maximum atomic E-state index is 11.3. The van der Waals surface area contributed by atoms with Crippen molar-refractivity contribution in [3.05, 3.63) is 0 Å². The molecule has 0 bridgehead atoms. The summed E-state index contributed by atoms with van der Waals surface area (Å²) in [5.41, 5.74) is 0. The van der Waals surface area contributed by atoms with E-state index in [2.05, 4.69) is 9.44 Å². The van der Waals surface area contributed by atoms with Crippen molar-refractivity contribution in [3.8, 4) is 0 Å². The van der Waals surface area contributed by atoms with E-state index in [1.165, 1.54) is 7.05 Å². The van der Waals surface area contributed by atoms with Gasteiger partial charge in [-0.25, -0.2) is 4.72 Å². The Labute approximate surface area is 108 Å². The fourth-order valence-electron chi connectivity index (χ4n) is 1.88. The third-order valence-corrected chi connectivity index (χ3v) is 4.02. The van der Waals surface area contributed by atoms with E-state index in [1.54, 1.807) is 6.92 Å². The molecule has 7 nitrogen and oxygen atoms in total. The zero-order valence-corrected chi connectivity index (χ0v) is 11.6. The molecule has 2 N–H and O–H groups in total. The average molecular weight is 279 g/mol. The first-order valence-corrected chi connectivity index (χ1v) is 7.54. The van der Waals surface area contributed by atoms with E-state index < -0.39 is 10.2 Å². The molecular formula is C10H21N3O4S. The van der Waals surface area contributed by atoms with Crippen molar-refractivity contribution in [2.24, 2.45) is 0 Å². The van der Waals surface area contributed by atoms with Crippen LogP contribution in [0.1, 0.15) is 19.8 Å². The Morgan fingerprint density at radius 1 is 1.39 bits per heavy atom. The summed E-state index contributed by atoms with van der Waals surface area (Å²) in [6, 6.07) is -0.0686. The van der Waals surface area contributed by atoms with Crippen LogP contribution in [0.5, 0.6) is 0 Å². The van der Waals surface area contributed by atoms with Gasteiger partial charge in [0.15, 0.2) is 0 Å². The van der Waals surface area contributed by atoms with Crippen LogP contribution in [-0.2, 0) is 19.7 Å². The molecule has 1 fully saturated rings. The number of carbonyl (C=O) groups is 1. The summed E-state index contributed by atoms with van der Waals surface area (Å²) in [5, 5.41) is 0. The monoisotopic (exact) mass is 279 g/mol. The van der Waals surface area contributed by atoms with Gasteiger partial charge in [0.25, 0.3) is 10.2 Å². The normalized spacial score (nSPS) is 18.8. The predicted octanol–water partition coefficient (Wildman–Crippen LogP) is -0.932. The fraction of sp³-hybridized carbons (Fsp3) is 0.900. The number of hydrogen-bond acceptors (Lipinski definition) is 5. The molecule has 18 heavy (non-hydrogen) atoms. The Bertz CT molecular complexity index is 363. The van der Waals surface area contributed by atoms with Gasteiger partial charge in [-0.2, -0.15) is 13.1 Å². The largest absolute Gasteiger partial charge is 0.465 e. The van der Waals surface area contributed by atoms with E-state index >= 15 is 0 Å². The maximum Gasteiger partial charge on any atom is 0.320 e. The van der Waals surface area contributed by atoms with Crippen molar-refractivity contribution in [1.82, 2.24) is 14.3 Å². The lowest BCUT2D eigenvalue weighted by atomic mass is 10.1. The van der Waals surface area contributed by atoms with E-state index in [9.17, 15) is 13.2 Å². The van der Waals surface area contributed by atoms with Gasteiger partial charge in [-0.05, 0) is 19.8 Å². The van der Waals surface area contributed by atoms with Crippen LogP contribution in [0.2, 0.25) is 0 Å². The number of nitrogens with zero attached hydrogens (tertiary/aromatic N) is 1. The van der Waals surface area contributed by atoms with Gasteiger partial charge in [-0.15, -0.1) is 0 Å². The third-order valence-electron chi connectivity index (χ3n) is 2.84. The van der Waals surface area contributed by atoms with Gasteiger partial charge in [0.05, 0.1) is 13.2 Å². The van der Waals surface area contributed by atoms with Crippen molar-refractivity contribution in [2.75, 3.05) is 33.3 Å². The minimum Gasteiger partial charge on any atom is -0.465 e. The number of carbonyl (C=O) groups excluding carboxylic acids is 1. The second-order valence-electron chi connectivity index (χ2n) is 4.18. The lowest BCUT2D eigenvalue weighted by molar-refractivity contribution is -0.144. The van der Waals surface area contributed by atoms with Crippen LogP contribution in [0.25, 0.3) is 0 Å². The Morgan fingerprint density at radius 3 is 2.50 bits per heavy atom. The highest BCUT2D eigenvalue weighted by Gasteiger charge is 2.23. The molecule has 0 aromatic carbocycles. The van der Waals surface area contributed by atoms with Gasteiger partial charge >= 0.3 is 5.97 Å². The number of piperidine rings is 1. The third kappa shape index (κ3) is 5.30. The zero-order chi connectivity index (χ0) is 13.6. The van der Waals surface area contributed by atoms with Gasteiger partial charge in [0.1, 0.15) is 0 Å². The molecule has 8 heteroatoms. The van der Waals surface area contributed by atoms with Gasteiger partial charge in [0, 0.05) is 26.2 Å². The van der Waals surface area contributed by atoms with Crippen molar-refractivity contribution < 1.29 is 17.9 Å². The highest BCUT2D eigenvalue weighted by Crippen LogP contribution is 2.10. The number of likely N-dealkylation sites (tertiary alicyclic amines) is 1. The number of ether oxygens (including phenoxy) is 1. The minimum absolute atomic E-state index is 0.0686. The average Bonchev–Trinajstić information content (AvgIpc) is 2.32. The SMILES string of the molecule is CCOC(=O)CN1CCC(NS(=O)(=O)NC)CC1. The first-order valence-electron chi connectivity index (χ1n) is 6.05. The summed E-state index contributed by atoms with van der Waals surface area (Å²) in [6.45, 7) is 3.82.